The SMILES string of the molecule is COc1ccc(F)c(OC)c1C(C)(N)CO. The van der Waals surface area contributed by atoms with Crippen LogP contribution in [0, 0.1) is 5.82 Å². The molecular weight excluding hydrogens is 213 g/mol. The molecular formula is C11H16FNO3. The first-order valence-electron chi connectivity index (χ1n) is 4.78. The fourth-order valence-corrected chi connectivity index (χ4v) is 1.53. The molecule has 5 heteroatoms. The summed E-state index contributed by atoms with van der Waals surface area (Å²) in [5, 5.41) is 9.22. The Balaban J connectivity index is 3.48. The molecule has 1 atom stereocenters. The number of ether oxygens (including phenoxy) is 2. The molecule has 0 amide bonds. The Labute approximate surface area is 93.8 Å². The van der Waals surface area contributed by atoms with Crippen LogP contribution in [0.25, 0.3) is 0 Å². The second kappa shape index (κ2) is 4.67. The lowest BCUT2D eigenvalue weighted by Gasteiger charge is -2.26. The number of hydrogen-bond acceptors (Lipinski definition) is 4. The van der Waals surface area contributed by atoms with Crippen molar-refractivity contribution in [3.8, 4) is 11.5 Å². The van der Waals surface area contributed by atoms with E-state index in [2.05, 4.69) is 0 Å². The monoisotopic (exact) mass is 229 g/mol. The molecule has 0 fully saturated rings. The van der Waals surface area contributed by atoms with Crippen LogP contribution in [0.4, 0.5) is 4.39 Å². The van der Waals surface area contributed by atoms with Gasteiger partial charge in [-0.25, -0.2) is 4.39 Å². The minimum atomic E-state index is -1.13. The Morgan fingerprint density at radius 3 is 2.44 bits per heavy atom. The maximum absolute atomic E-state index is 13.5. The Bertz CT molecular complexity index is 380. The molecule has 1 rings (SSSR count). The van der Waals surface area contributed by atoms with Gasteiger partial charge in [0.2, 0.25) is 0 Å². The van der Waals surface area contributed by atoms with Gasteiger partial charge in [-0.2, -0.15) is 0 Å². The number of aliphatic hydroxyl groups excluding tert-OH is 1. The van der Waals surface area contributed by atoms with Gasteiger partial charge >= 0.3 is 0 Å². The second-order valence-electron chi connectivity index (χ2n) is 3.73. The molecule has 0 bridgehead atoms. The number of benzene rings is 1. The quantitative estimate of drug-likeness (QED) is 0.808. The van der Waals surface area contributed by atoms with Crippen molar-refractivity contribution in [2.45, 2.75) is 12.5 Å². The van der Waals surface area contributed by atoms with Crippen LogP contribution < -0.4 is 15.2 Å². The highest BCUT2D eigenvalue weighted by atomic mass is 19.1. The highest BCUT2D eigenvalue weighted by Gasteiger charge is 2.30. The molecule has 0 aliphatic rings. The minimum Gasteiger partial charge on any atom is -0.496 e. The van der Waals surface area contributed by atoms with Gasteiger partial charge in [0.1, 0.15) is 5.75 Å². The summed E-state index contributed by atoms with van der Waals surface area (Å²) in [5.74, 6) is -0.154. The zero-order valence-electron chi connectivity index (χ0n) is 9.58. The average Bonchev–Trinajstić information content (AvgIpc) is 2.28. The smallest absolute Gasteiger partial charge is 0.165 e. The number of nitrogens with two attached hydrogens (primary N) is 1. The molecule has 0 radical (unpaired) electrons. The van der Waals surface area contributed by atoms with Crippen molar-refractivity contribution >= 4 is 0 Å². The van der Waals surface area contributed by atoms with E-state index >= 15 is 0 Å². The molecule has 0 spiro atoms. The lowest BCUT2D eigenvalue weighted by atomic mass is 9.92. The Hall–Kier alpha value is -1.33. The summed E-state index contributed by atoms with van der Waals surface area (Å²) in [4.78, 5) is 0. The molecule has 0 aromatic heterocycles. The Kier molecular flexibility index (Phi) is 3.72. The second-order valence-corrected chi connectivity index (χ2v) is 3.73. The van der Waals surface area contributed by atoms with E-state index in [1.54, 1.807) is 6.92 Å². The molecule has 16 heavy (non-hydrogen) atoms. The van der Waals surface area contributed by atoms with Crippen molar-refractivity contribution in [3.63, 3.8) is 0 Å². The van der Waals surface area contributed by atoms with Crippen LogP contribution in [-0.4, -0.2) is 25.9 Å². The average molecular weight is 229 g/mol. The summed E-state index contributed by atoms with van der Waals surface area (Å²) in [6.07, 6.45) is 0. The van der Waals surface area contributed by atoms with Crippen LogP contribution in [0.5, 0.6) is 11.5 Å². The van der Waals surface area contributed by atoms with Crippen LogP contribution in [0.15, 0.2) is 12.1 Å². The molecule has 0 aliphatic carbocycles. The topological polar surface area (TPSA) is 64.7 Å². The van der Waals surface area contributed by atoms with E-state index in [1.807, 2.05) is 0 Å². The van der Waals surface area contributed by atoms with Gasteiger partial charge in [-0.15, -0.1) is 0 Å². The molecule has 90 valence electrons. The highest BCUT2D eigenvalue weighted by Crippen LogP contribution is 2.37. The minimum absolute atomic E-state index is 0.00148. The van der Waals surface area contributed by atoms with Crippen molar-refractivity contribution in [3.05, 3.63) is 23.5 Å². The van der Waals surface area contributed by atoms with E-state index < -0.39 is 11.4 Å². The summed E-state index contributed by atoms with van der Waals surface area (Å²) in [5.41, 5.74) is 5.08. The molecule has 4 nitrogen and oxygen atoms in total. The first kappa shape index (κ1) is 12.7. The summed E-state index contributed by atoms with van der Waals surface area (Å²) in [6, 6.07) is 2.68. The molecule has 1 unspecified atom stereocenters. The van der Waals surface area contributed by atoms with Gasteiger partial charge < -0.3 is 20.3 Å². The van der Waals surface area contributed by atoms with Crippen LogP contribution in [0.1, 0.15) is 12.5 Å². The fourth-order valence-electron chi connectivity index (χ4n) is 1.53. The molecule has 0 saturated carbocycles. The number of halogens is 1. The highest BCUT2D eigenvalue weighted by molar-refractivity contribution is 5.50. The van der Waals surface area contributed by atoms with Crippen molar-refractivity contribution in [1.29, 1.82) is 0 Å². The van der Waals surface area contributed by atoms with Crippen molar-refractivity contribution in [2.75, 3.05) is 20.8 Å². The van der Waals surface area contributed by atoms with Crippen molar-refractivity contribution < 1.29 is 19.0 Å². The lowest BCUT2D eigenvalue weighted by Crippen LogP contribution is -2.38. The Morgan fingerprint density at radius 2 is 2.00 bits per heavy atom. The number of aliphatic hydroxyl groups is 1. The van der Waals surface area contributed by atoms with E-state index in [1.165, 1.54) is 26.4 Å². The van der Waals surface area contributed by atoms with E-state index in [0.29, 0.717) is 11.3 Å². The molecule has 0 heterocycles. The fraction of sp³-hybridized carbons (Fsp3) is 0.455. The standard InChI is InChI=1S/C11H16FNO3/c1-11(13,6-14)9-8(15-2)5-4-7(12)10(9)16-3/h4-5,14H,6,13H2,1-3H3. The van der Waals surface area contributed by atoms with E-state index in [4.69, 9.17) is 15.2 Å². The van der Waals surface area contributed by atoms with E-state index in [9.17, 15) is 9.50 Å². The summed E-state index contributed by atoms with van der Waals surface area (Å²) >= 11 is 0. The zero-order chi connectivity index (χ0) is 12.3. The predicted octanol–water partition coefficient (Wildman–Crippen LogP) is 1.01. The third kappa shape index (κ3) is 2.10. The first-order chi connectivity index (χ1) is 7.47. The zero-order valence-corrected chi connectivity index (χ0v) is 9.58. The third-order valence-corrected chi connectivity index (χ3v) is 2.40. The largest absolute Gasteiger partial charge is 0.496 e. The first-order valence-corrected chi connectivity index (χ1v) is 4.78. The van der Waals surface area contributed by atoms with Gasteiger partial charge in [-0.1, -0.05) is 0 Å². The predicted molar refractivity (Wildman–Crippen MR) is 58.1 cm³/mol. The van der Waals surface area contributed by atoms with E-state index in [-0.39, 0.29) is 12.4 Å². The van der Waals surface area contributed by atoms with Gasteiger partial charge in [0, 0.05) is 0 Å². The van der Waals surface area contributed by atoms with E-state index in [0.717, 1.165) is 0 Å². The van der Waals surface area contributed by atoms with Crippen LogP contribution in [0.2, 0.25) is 0 Å². The third-order valence-electron chi connectivity index (χ3n) is 2.40. The van der Waals surface area contributed by atoms with Gasteiger partial charge in [0.05, 0.1) is 31.9 Å². The number of rotatable bonds is 4. The normalized spacial score (nSPS) is 14.4. The number of hydrogen-bond donors (Lipinski definition) is 2. The van der Waals surface area contributed by atoms with Gasteiger partial charge in [0.25, 0.3) is 0 Å². The maximum atomic E-state index is 13.5. The number of methoxy groups -OCH3 is 2. The summed E-state index contributed by atoms with van der Waals surface area (Å²) in [7, 11) is 2.79. The van der Waals surface area contributed by atoms with Gasteiger partial charge in [-0.05, 0) is 19.1 Å². The maximum Gasteiger partial charge on any atom is 0.165 e. The molecule has 3 N–H and O–H groups in total. The van der Waals surface area contributed by atoms with Crippen LogP contribution in [0.3, 0.4) is 0 Å². The van der Waals surface area contributed by atoms with Crippen LogP contribution in [-0.2, 0) is 5.54 Å². The van der Waals surface area contributed by atoms with Crippen molar-refractivity contribution in [2.24, 2.45) is 5.73 Å². The lowest BCUT2D eigenvalue weighted by molar-refractivity contribution is 0.201. The summed E-state index contributed by atoms with van der Waals surface area (Å²) in [6.45, 7) is 1.23. The summed E-state index contributed by atoms with van der Waals surface area (Å²) < 4.78 is 23.6. The van der Waals surface area contributed by atoms with Gasteiger partial charge in [0.15, 0.2) is 11.6 Å². The van der Waals surface area contributed by atoms with Crippen molar-refractivity contribution in [1.82, 2.24) is 0 Å². The molecule has 0 aliphatic heterocycles. The van der Waals surface area contributed by atoms with Gasteiger partial charge in [-0.3, -0.25) is 0 Å². The Morgan fingerprint density at radius 1 is 1.38 bits per heavy atom. The molecule has 0 saturated heterocycles. The molecule has 1 aromatic carbocycles. The van der Waals surface area contributed by atoms with Crippen LogP contribution >= 0.6 is 0 Å². The molecule has 1 aromatic rings.